The fourth-order valence-corrected chi connectivity index (χ4v) is 1.91. The van der Waals surface area contributed by atoms with Gasteiger partial charge >= 0.3 is 0 Å². The fourth-order valence-electron chi connectivity index (χ4n) is 1.91. The van der Waals surface area contributed by atoms with Crippen molar-refractivity contribution in [2.75, 3.05) is 13.6 Å². The highest BCUT2D eigenvalue weighted by Crippen LogP contribution is 2.23. The van der Waals surface area contributed by atoms with Crippen molar-refractivity contribution >= 4 is 0 Å². The Hall–Kier alpha value is -0.630. The molecule has 1 aliphatic rings. The Morgan fingerprint density at radius 2 is 2.33 bits per heavy atom. The van der Waals surface area contributed by atoms with Gasteiger partial charge in [-0.25, -0.2) is 0 Å². The highest BCUT2D eigenvalue weighted by molar-refractivity contribution is 4.86. The average molecular weight is 215 g/mol. The van der Waals surface area contributed by atoms with Crippen LogP contribution in [-0.4, -0.2) is 36.9 Å². The molecule has 0 radical (unpaired) electrons. The zero-order valence-corrected chi connectivity index (χ0v) is 9.28. The molecule has 0 spiro atoms. The number of terminal acetylenes is 1. The second-order valence-electron chi connectivity index (χ2n) is 4.03. The Morgan fingerprint density at radius 3 is 2.93 bits per heavy atom. The van der Waals surface area contributed by atoms with E-state index in [4.69, 9.17) is 11.2 Å². The Labute approximate surface area is 90.4 Å². The molecule has 3 nitrogen and oxygen atoms in total. The van der Waals surface area contributed by atoms with Crippen LogP contribution in [0.25, 0.3) is 0 Å². The molecule has 1 rings (SSSR count). The minimum atomic E-state index is -0.730. The third kappa shape index (κ3) is 3.78. The van der Waals surface area contributed by atoms with E-state index in [1.54, 1.807) is 0 Å². The minimum absolute atomic E-state index is 0.0257. The molecule has 0 aromatic rings. The first kappa shape index (κ1) is 12.4. The van der Waals surface area contributed by atoms with Crippen LogP contribution in [0.15, 0.2) is 0 Å². The molecule has 0 N–H and O–H groups in total. The summed E-state index contributed by atoms with van der Waals surface area (Å²) in [7, 11) is 2.00. The maximum absolute atomic E-state index is 12.1. The fraction of sp³-hybridized carbons (Fsp3) is 0.818. The van der Waals surface area contributed by atoms with E-state index in [1.807, 2.05) is 14.0 Å². The first-order valence-electron chi connectivity index (χ1n) is 5.24. The lowest BCUT2D eigenvalue weighted by Crippen LogP contribution is -2.43. The number of nitrogens with zero attached hydrogens (tertiary/aromatic N) is 1. The predicted molar refractivity (Wildman–Crippen MR) is 55.6 cm³/mol. The molecule has 0 bridgehead atoms. The van der Waals surface area contributed by atoms with E-state index in [2.05, 4.69) is 15.8 Å². The molecule has 1 heterocycles. The Kier molecular flexibility index (Phi) is 5.03. The largest absolute Gasteiger partial charge is 0.346 e. The second kappa shape index (κ2) is 6.06. The van der Waals surface area contributed by atoms with Gasteiger partial charge in [0.05, 0.1) is 6.10 Å². The SMILES string of the molecule is C#CCCN(C)C1CC(C)OC(OF)C1. The number of hydrogen-bond donors (Lipinski definition) is 0. The van der Waals surface area contributed by atoms with E-state index >= 15 is 0 Å². The monoisotopic (exact) mass is 215 g/mol. The van der Waals surface area contributed by atoms with Crippen LogP contribution in [-0.2, 0) is 9.68 Å². The van der Waals surface area contributed by atoms with E-state index < -0.39 is 6.29 Å². The molecule has 1 saturated heterocycles. The van der Waals surface area contributed by atoms with Crippen molar-refractivity contribution in [3.05, 3.63) is 0 Å². The van der Waals surface area contributed by atoms with Gasteiger partial charge in [-0.3, -0.25) is 0 Å². The standard InChI is InChI=1S/C11H18FNO2/c1-4-5-6-13(3)10-7-9(2)14-11(8-10)15-12/h1,9-11H,5-8H2,2-3H3. The van der Waals surface area contributed by atoms with Gasteiger partial charge in [0.1, 0.15) is 0 Å². The zero-order chi connectivity index (χ0) is 11.3. The lowest BCUT2D eigenvalue weighted by atomic mass is 10.0. The molecule has 0 saturated carbocycles. The molecule has 1 aliphatic heterocycles. The lowest BCUT2D eigenvalue weighted by Gasteiger charge is -2.36. The number of halogens is 1. The topological polar surface area (TPSA) is 21.7 Å². The molecule has 3 unspecified atom stereocenters. The van der Waals surface area contributed by atoms with Crippen LogP contribution in [0.2, 0.25) is 0 Å². The highest BCUT2D eigenvalue weighted by Gasteiger charge is 2.30. The normalized spacial score (nSPS) is 31.5. The Bertz CT molecular complexity index is 229. The Morgan fingerprint density at radius 1 is 1.60 bits per heavy atom. The van der Waals surface area contributed by atoms with Gasteiger partial charge in [-0.15, -0.1) is 12.3 Å². The predicted octanol–water partition coefficient (Wildman–Crippen LogP) is 1.74. The molecular weight excluding hydrogens is 197 g/mol. The van der Waals surface area contributed by atoms with E-state index in [-0.39, 0.29) is 12.1 Å². The summed E-state index contributed by atoms with van der Waals surface area (Å²) < 4.78 is 17.3. The lowest BCUT2D eigenvalue weighted by molar-refractivity contribution is -0.304. The molecule has 0 amide bonds. The highest BCUT2D eigenvalue weighted by atomic mass is 19.3. The first-order chi connectivity index (χ1) is 7.17. The van der Waals surface area contributed by atoms with Crippen LogP contribution in [0, 0.1) is 12.3 Å². The molecule has 0 aromatic heterocycles. The second-order valence-corrected chi connectivity index (χ2v) is 4.03. The summed E-state index contributed by atoms with van der Waals surface area (Å²) in [5, 5.41) is 0. The zero-order valence-electron chi connectivity index (χ0n) is 9.28. The summed E-state index contributed by atoms with van der Waals surface area (Å²) in [6, 6.07) is 0.280. The third-order valence-corrected chi connectivity index (χ3v) is 2.78. The van der Waals surface area contributed by atoms with Crippen LogP contribution in [0.3, 0.4) is 0 Å². The van der Waals surface area contributed by atoms with Gasteiger partial charge < -0.3 is 9.64 Å². The molecule has 0 aliphatic carbocycles. The van der Waals surface area contributed by atoms with Crippen molar-refractivity contribution in [1.82, 2.24) is 4.90 Å². The maximum atomic E-state index is 12.1. The van der Waals surface area contributed by atoms with Gasteiger partial charge in [0.25, 0.3) is 0 Å². The van der Waals surface area contributed by atoms with Crippen molar-refractivity contribution in [3.63, 3.8) is 0 Å². The molecule has 1 fully saturated rings. The van der Waals surface area contributed by atoms with Crippen molar-refractivity contribution in [1.29, 1.82) is 0 Å². The van der Waals surface area contributed by atoms with Crippen LogP contribution < -0.4 is 0 Å². The summed E-state index contributed by atoms with van der Waals surface area (Å²) in [4.78, 5) is 5.90. The van der Waals surface area contributed by atoms with Gasteiger partial charge in [0, 0.05) is 25.4 Å². The van der Waals surface area contributed by atoms with Gasteiger partial charge in [0.15, 0.2) is 6.29 Å². The van der Waals surface area contributed by atoms with Crippen molar-refractivity contribution in [2.24, 2.45) is 0 Å². The van der Waals surface area contributed by atoms with E-state index in [1.165, 1.54) is 0 Å². The molecule has 15 heavy (non-hydrogen) atoms. The number of hydrogen-bond acceptors (Lipinski definition) is 3. The summed E-state index contributed by atoms with van der Waals surface area (Å²) >= 11 is 0. The van der Waals surface area contributed by atoms with E-state index in [9.17, 15) is 4.53 Å². The van der Waals surface area contributed by atoms with Crippen LogP contribution in [0.4, 0.5) is 4.53 Å². The summed E-state index contributed by atoms with van der Waals surface area (Å²) in [6.07, 6.45) is 6.66. The van der Waals surface area contributed by atoms with Crippen molar-refractivity contribution < 1.29 is 14.2 Å². The molecular formula is C11H18FNO2. The van der Waals surface area contributed by atoms with Gasteiger partial charge in [-0.05, 0) is 24.9 Å². The van der Waals surface area contributed by atoms with Gasteiger partial charge in [0.2, 0.25) is 0 Å². The summed E-state index contributed by atoms with van der Waals surface area (Å²) in [5.74, 6) is 2.60. The first-order valence-corrected chi connectivity index (χ1v) is 5.24. The summed E-state index contributed by atoms with van der Waals surface area (Å²) in [6.45, 7) is 2.75. The number of ether oxygens (including phenoxy) is 1. The minimum Gasteiger partial charge on any atom is -0.346 e. The molecule has 3 atom stereocenters. The van der Waals surface area contributed by atoms with Gasteiger partial charge in [-0.2, -0.15) is 4.94 Å². The average Bonchev–Trinajstić information content (AvgIpc) is 2.24. The number of rotatable bonds is 4. The third-order valence-electron chi connectivity index (χ3n) is 2.78. The van der Waals surface area contributed by atoms with Crippen LogP contribution in [0.1, 0.15) is 26.2 Å². The maximum Gasteiger partial charge on any atom is 0.198 e. The van der Waals surface area contributed by atoms with Crippen molar-refractivity contribution in [2.45, 2.75) is 44.6 Å². The molecule has 86 valence electrons. The van der Waals surface area contributed by atoms with Crippen LogP contribution >= 0.6 is 0 Å². The smallest absolute Gasteiger partial charge is 0.198 e. The summed E-state index contributed by atoms with van der Waals surface area (Å²) in [5.41, 5.74) is 0. The van der Waals surface area contributed by atoms with Crippen molar-refractivity contribution in [3.8, 4) is 12.3 Å². The molecule has 4 heteroatoms. The van der Waals surface area contributed by atoms with Gasteiger partial charge in [-0.1, -0.05) is 0 Å². The van der Waals surface area contributed by atoms with E-state index in [0.29, 0.717) is 12.8 Å². The molecule has 0 aromatic carbocycles. The van der Waals surface area contributed by atoms with E-state index in [0.717, 1.165) is 13.0 Å². The Balaban J connectivity index is 2.43. The van der Waals surface area contributed by atoms with Crippen LogP contribution in [0.5, 0.6) is 0 Å². The quantitative estimate of drug-likeness (QED) is 0.667.